The van der Waals surface area contributed by atoms with Gasteiger partial charge in [-0.1, -0.05) is 12.1 Å². The van der Waals surface area contributed by atoms with E-state index >= 15 is 0 Å². The predicted molar refractivity (Wildman–Crippen MR) is 53.0 cm³/mol. The van der Waals surface area contributed by atoms with Crippen LogP contribution in [0, 0.1) is 0 Å². The molecule has 0 amide bonds. The topological polar surface area (TPSA) is 63.3 Å². The third kappa shape index (κ3) is 3.08. The van der Waals surface area contributed by atoms with Crippen LogP contribution in [0.5, 0.6) is 0 Å². The van der Waals surface area contributed by atoms with Crippen LogP contribution in [0.2, 0.25) is 0 Å². The summed E-state index contributed by atoms with van der Waals surface area (Å²) in [5.41, 5.74) is 6.28. The molecule has 0 aliphatic rings. The summed E-state index contributed by atoms with van der Waals surface area (Å²) in [4.78, 5) is 11.3. The SMILES string of the molecule is N[C@@H](Cc1ccc(S)cc1)C(=O)O. The third-order valence-corrected chi connectivity index (χ3v) is 2.01. The molecule has 0 saturated carbocycles. The zero-order chi connectivity index (χ0) is 9.84. The van der Waals surface area contributed by atoms with Crippen LogP contribution in [0.3, 0.4) is 0 Å². The van der Waals surface area contributed by atoms with E-state index in [4.69, 9.17) is 10.8 Å². The lowest BCUT2D eigenvalue weighted by atomic mass is 10.1. The van der Waals surface area contributed by atoms with Gasteiger partial charge in [0, 0.05) is 4.90 Å². The Morgan fingerprint density at radius 2 is 2.00 bits per heavy atom. The van der Waals surface area contributed by atoms with Crippen LogP contribution in [-0.4, -0.2) is 17.1 Å². The van der Waals surface area contributed by atoms with Gasteiger partial charge in [0.25, 0.3) is 0 Å². The van der Waals surface area contributed by atoms with E-state index in [2.05, 4.69) is 12.6 Å². The van der Waals surface area contributed by atoms with Crippen molar-refractivity contribution in [2.24, 2.45) is 5.73 Å². The summed E-state index contributed by atoms with van der Waals surface area (Å²) in [6, 6.07) is 6.45. The van der Waals surface area contributed by atoms with Crippen LogP contribution in [0.4, 0.5) is 0 Å². The van der Waals surface area contributed by atoms with Crippen LogP contribution >= 0.6 is 12.6 Å². The number of hydrogen-bond acceptors (Lipinski definition) is 3. The van der Waals surface area contributed by atoms with Crippen molar-refractivity contribution >= 4 is 18.6 Å². The summed E-state index contributed by atoms with van der Waals surface area (Å²) >= 11 is 4.12. The molecule has 3 nitrogen and oxygen atoms in total. The number of thiol groups is 1. The van der Waals surface area contributed by atoms with Crippen LogP contribution in [0.25, 0.3) is 0 Å². The summed E-state index contributed by atoms with van der Waals surface area (Å²) in [5.74, 6) is -0.977. The molecule has 13 heavy (non-hydrogen) atoms. The zero-order valence-corrected chi connectivity index (χ0v) is 7.87. The monoisotopic (exact) mass is 197 g/mol. The van der Waals surface area contributed by atoms with Gasteiger partial charge in [0.2, 0.25) is 0 Å². The van der Waals surface area contributed by atoms with Crippen LogP contribution < -0.4 is 5.73 Å². The Kier molecular flexibility index (Phi) is 3.33. The smallest absolute Gasteiger partial charge is 0.320 e. The highest BCUT2D eigenvalue weighted by Gasteiger charge is 2.11. The fourth-order valence-corrected chi connectivity index (χ4v) is 1.12. The van der Waals surface area contributed by atoms with Crippen molar-refractivity contribution < 1.29 is 9.90 Å². The van der Waals surface area contributed by atoms with Crippen LogP contribution in [0.1, 0.15) is 5.56 Å². The number of nitrogens with two attached hydrogens (primary N) is 1. The molecule has 0 saturated heterocycles. The molecule has 1 rings (SSSR count). The van der Waals surface area contributed by atoms with E-state index in [-0.39, 0.29) is 0 Å². The second-order valence-corrected chi connectivity index (χ2v) is 3.33. The number of carboxylic acid groups (broad SMARTS) is 1. The summed E-state index contributed by atoms with van der Waals surface area (Å²) in [5, 5.41) is 8.56. The van der Waals surface area contributed by atoms with Gasteiger partial charge in [-0.2, -0.15) is 0 Å². The molecule has 0 spiro atoms. The van der Waals surface area contributed by atoms with E-state index in [1.807, 2.05) is 24.3 Å². The fraction of sp³-hybridized carbons (Fsp3) is 0.222. The average molecular weight is 197 g/mol. The van der Waals surface area contributed by atoms with Crippen molar-refractivity contribution in [3.8, 4) is 0 Å². The normalized spacial score (nSPS) is 12.5. The number of carbonyl (C=O) groups is 1. The molecule has 70 valence electrons. The molecule has 0 aliphatic heterocycles. The largest absolute Gasteiger partial charge is 0.480 e. The van der Waals surface area contributed by atoms with Crippen molar-refractivity contribution in [2.45, 2.75) is 17.4 Å². The molecular weight excluding hydrogens is 186 g/mol. The average Bonchev–Trinajstić information content (AvgIpc) is 2.08. The van der Waals surface area contributed by atoms with Crippen molar-refractivity contribution in [3.63, 3.8) is 0 Å². The number of hydrogen-bond donors (Lipinski definition) is 3. The molecule has 0 bridgehead atoms. The first-order valence-electron chi connectivity index (χ1n) is 3.86. The van der Waals surface area contributed by atoms with Gasteiger partial charge in [0.1, 0.15) is 6.04 Å². The first-order chi connectivity index (χ1) is 6.09. The van der Waals surface area contributed by atoms with Gasteiger partial charge < -0.3 is 10.8 Å². The minimum Gasteiger partial charge on any atom is -0.480 e. The Bertz CT molecular complexity index is 297. The van der Waals surface area contributed by atoms with E-state index in [9.17, 15) is 4.79 Å². The number of carboxylic acids is 1. The van der Waals surface area contributed by atoms with E-state index in [1.165, 1.54) is 0 Å². The molecule has 0 radical (unpaired) electrons. The van der Waals surface area contributed by atoms with E-state index in [0.29, 0.717) is 6.42 Å². The van der Waals surface area contributed by atoms with E-state index in [0.717, 1.165) is 10.5 Å². The van der Waals surface area contributed by atoms with Gasteiger partial charge >= 0.3 is 5.97 Å². The molecular formula is C9H11NO2S. The summed E-state index contributed by atoms with van der Waals surface area (Å²) in [6.07, 6.45) is 0.351. The van der Waals surface area contributed by atoms with Crippen molar-refractivity contribution in [3.05, 3.63) is 29.8 Å². The molecule has 0 unspecified atom stereocenters. The fourth-order valence-electron chi connectivity index (χ4n) is 0.973. The summed E-state index contributed by atoms with van der Waals surface area (Å²) in [7, 11) is 0. The molecule has 0 fully saturated rings. The van der Waals surface area contributed by atoms with Gasteiger partial charge in [0.15, 0.2) is 0 Å². The van der Waals surface area contributed by atoms with Gasteiger partial charge in [-0.25, -0.2) is 0 Å². The second-order valence-electron chi connectivity index (χ2n) is 2.82. The minimum absolute atomic E-state index is 0.351. The quantitative estimate of drug-likeness (QED) is 0.632. The van der Waals surface area contributed by atoms with Gasteiger partial charge in [-0.15, -0.1) is 12.6 Å². The predicted octanol–water partition coefficient (Wildman–Crippen LogP) is 0.930. The third-order valence-electron chi connectivity index (χ3n) is 1.71. The number of rotatable bonds is 3. The molecule has 1 aromatic carbocycles. The maximum Gasteiger partial charge on any atom is 0.320 e. The Labute approximate surface area is 82.0 Å². The second kappa shape index (κ2) is 4.30. The minimum atomic E-state index is -0.977. The first kappa shape index (κ1) is 10.1. The first-order valence-corrected chi connectivity index (χ1v) is 4.30. The number of benzene rings is 1. The zero-order valence-electron chi connectivity index (χ0n) is 6.97. The van der Waals surface area contributed by atoms with E-state index in [1.54, 1.807) is 0 Å². The highest BCUT2D eigenvalue weighted by Crippen LogP contribution is 2.08. The van der Waals surface area contributed by atoms with Gasteiger partial charge in [-0.3, -0.25) is 4.79 Å². The van der Waals surface area contributed by atoms with Crippen LogP contribution in [-0.2, 0) is 11.2 Å². The maximum absolute atomic E-state index is 10.4. The van der Waals surface area contributed by atoms with Crippen molar-refractivity contribution in [1.82, 2.24) is 0 Å². The highest BCUT2D eigenvalue weighted by atomic mass is 32.1. The summed E-state index contributed by atoms with van der Waals surface area (Å²) < 4.78 is 0. The van der Waals surface area contributed by atoms with Gasteiger partial charge in [-0.05, 0) is 24.1 Å². The molecule has 0 aliphatic carbocycles. The molecule has 1 atom stereocenters. The Hall–Kier alpha value is -1.00. The molecule has 1 aromatic rings. The Morgan fingerprint density at radius 1 is 1.46 bits per heavy atom. The van der Waals surface area contributed by atoms with E-state index < -0.39 is 12.0 Å². The van der Waals surface area contributed by atoms with Crippen molar-refractivity contribution in [2.75, 3.05) is 0 Å². The van der Waals surface area contributed by atoms with Gasteiger partial charge in [0.05, 0.1) is 0 Å². The summed E-state index contributed by atoms with van der Waals surface area (Å²) in [6.45, 7) is 0. The lowest BCUT2D eigenvalue weighted by molar-refractivity contribution is -0.138. The lowest BCUT2D eigenvalue weighted by Crippen LogP contribution is -2.32. The molecule has 4 heteroatoms. The maximum atomic E-state index is 10.4. The molecule has 0 heterocycles. The van der Waals surface area contributed by atoms with Crippen molar-refractivity contribution in [1.29, 1.82) is 0 Å². The number of aliphatic carboxylic acids is 1. The Morgan fingerprint density at radius 3 is 2.46 bits per heavy atom. The highest BCUT2D eigenvalue weighted by molar-refractivity contribution is 7.80. The lowest BCUT2D eigenvalue weighted by Gasteiger charge is -2.05. The standard InChI is InChI=1S/C9H11NO2S/c10-8(9(11)12)5-6-1-3-7(13)4-2-6/h1-4,8,13H,5,10H2,(H,11,12)/t8-/m0/s1. The molecule has 0 aromatic heterocycles. The van der Waals surface area contributed by atoms with Crippen LogP contribution in [0.15, 0.2) is 29.2 Å². The Balaban J connectivity index is 2.64. The molecule has 3 N–H and O–H groups in total.